The van der Waals surface area contributed by atoms with Crippen LogP contribution in [0.5, 0.6) is 0 Å². The van der Waals surface area contributed by atoms with E-state index >= 15 is 0 Å². The van der Waals surface area contributed by atoms with Crippen LogP contribution in [0, 0.1) is 0 Å². The standard InChI is InChI=1S/C2H6O4S.4H2O4S/c1-2-6-7(3,4)5;4*1-5(2,3)4/h2H2,1H3,(H,3,4,5);4*(H2,1,2,3,4). The van der Waals surface area contributed by atoms with Gasteiger partial charge in [0.25, 0.3) is 0 Å². The largest absolute Gasteiger partial charge is 0.397 e. The van der Waals surface area contributed by atoms with Gasteiger partial charge in [0.1, 0.15) is 0 Å². The molecule has 0 saturated heterocycles. The van der Waals surface area contributed by atoms with Crippen LogP contribution in [0.3, 0.4) is 0 Å². The number of rotatable bonds is 2. The zero-order valence-corrected chi connectivity index (χ0v) is 16.3. The van der Waals surface area contributed by atoms with Crippen LogP contribution in [-0.4, -0.2) is 89.7 Å². The van der Waals surface area contributed by atoms with E-state index in [-0.39, 0.29) is 6.61 Å². The molecule has 9 N–H and O–H groups in total. The van der Waals surface area contributed by atoms with Gasteiger partial charge in [-0.1, -0.05) is 0 Å². The summed E-state index contributed by atoms with van der Waals surface area (Å²) in [5.41, 5.74) is 0. The Hall–Kier alpha value is -0.650. The van der Waals surface area contributed by atoms with Crippen molar-refractivity contribution in [2.45, 2.75) is 6.92 Å². The minimum Gasteiger partial charge on any atom is -0.264 e. The van der Waals surface area contributed by atoms with E-state index in [1.807, 2.05) is 0 Å². The topological polar surface area (TPSA) is 362 Å². The Balaban J connectivity index is -0.0000000753. The molecular formula is C2H14O20S5. The van der Waals surface area contributed by atoms with E-state index in [0.29, 0.717) is 0 Å². The van der Waals surface area contributed by atoms with Gasteiger partial charge in [0, 0.05) is 0 Å². The second kappa shape index (κ2) is 15.3. The molecule has 0 atom stereocenters. The highest BCUT2D eigenvalue weighted by molar-refractivity contribution is 7.81. The fourth-order valence-electron chi connectivity index (χ4n) is 0.149. The molecule has 0 aromatic heterocycles. The maximum Gasteiger partial charge on any atom is 0.397 e. The van der Waals surface area contributed by atoms with Gasteiger partial charge in [0.15, 0.2) is 0 Å². The molecule has 0 aliphatic heterocycles. The van der Waals surface area contributed by atoms with E-state index in [9.17, 15) is 8.42 Å². The van der Waals surface area contributed by atoms with Crippen molar-refractivity contribution in [3.63, 3.8) is 0 Å². The first-order valence-electron chi connectivity index (χ1n) is 4.47. The molecule has 0 aromatic rings. The lowest BCUT2D eigenvalue weighted by Crippen LogP contribution is -2.01. The zero-order valence-electron chi connectivity index (χ0n) is 12.3. The normalized spacial score (nSPS) is 11.6. The molecule has 0 spiro atoms. The van der Waals surface area contributed by atoms with Crippen molar-refractivity contribution in [2.75, 3.05) is 6.61 Å². The Labute approximate surface area is 153 Å². The second-order valence-electron chi connectivity index (χ2n) is 2.63. The van der Waals surface area contributed by atoms with Crippen LogP contribution in [-0.2, 0) is 56.2 Å². The first kappa shape index (κ1) is 37.1. The SMILES string of the molecule is CCOS(=O)(=O)O.O=S(=O)(O)O.O=S(=O)(O)O.O=S(=O)(O)O.O=S(=O)(O)O. The predicted molar refractivity (Wildman–Crippen MR) is 79.9 cm³/mol. The van der Waals surface area contributed by atoms with Crippen LogP contribution in [0.1, 0.15) is 6.92 Å². The van der Waals surface area contributed by atoms with Crippen molar-refractivity contribution in [3.05, 3.63) is 0 Å². The average Bonchev–Trinajstić information content (AvgIpc) is 2.01. The smallest absolute Gasteiger partial charge is 0.264 e. The molecule has 0 bridgehead atoms. The highest BCUT2D eigenvalue weighted by Crippen LogP contribution is 1.81. The molecule has 0 amide bonds. The average molecular weight is 518 g/mol. The molecule has 0 rings (SSSR count). The summed E-state index contributed by atoms with van der Waals surface area (Å²) < 4.78 is 157. The lowest BCUT2D eigenvalue weighted by atomic mass is 10.9. The van der Waals surface area contributed by atoms with Crippen LogP contribution in [0.2, 0.25) is 0 Å². The number of hydrogen-bond acceptors (Lipinski definition) is 11. The van der Waals surface area contributed by atoms with Gasteiger partial charge in [-0.2, -0.15) is 42.1 Å². The van der Waals surface area contributed by atoms with Gasteiger partial charge < -0.3 is 0 Å². The third-order valence-electron chi connectivity index (χ3n) is 0.267. The maximum atomic E-state index is 9.56. The van der Waals surface area contributed by atoms with Crippen molar-refractivity contribution in [1.29, 1.82) is 0 Å². The van der Waals surface area contributed by atoms with Crippen LogP contribution in [0.15, 0.2) is 0 Å². The fraction of sp³-hybridized carbons (Fsp3) is 1.00. The predicted octanol–water partition coefficient (Wildman–Crippen LogP) is -2.79. The summed E-state index contributed by atoms with van der Waals surface area (Å²) in [4.78, 5) is 0. The molecule has 0 aromatic carbocycles. The zero-order chi connectivity index (χ0) is 23.9. The third-order valence-corrected chi connectivity index (χ3v) is 0.800. The Bertz CT molecular complexity index is 711. The Morgan fingerprint density at radius 2 is 0.593 bits per heavy atom. The Morgan fingerprint density at radius 3 is 0.593 bits per heavy atom. The summed E-state index contributed by atoms with van der Waals surface area (Å²) in [7, 11) is -22.8. The summed E-state index contributed by atoms with van der Waals surface area (Å²) >= 11 is 0. The van der Waals surface area contributed by atoms with Gasteiger partial charge in [-0.05, 0) is 6.92 Å². The van der Waals surface area contributed by atoms with Crippen LogP contribution in [0.25, 0.3) is 0 Å². The monoisotopic (exact) mass is 518 g/mol. The second-order valence-corrected chi connectivity index (χ2v) is 7.30. The van der Waals surface area contributed by atoms with Crippen LogP contribution < -0.4 is 0 Å². The van der Waals surface area contributed by atoms with Crippen LogP contribution >= 0.6 is 0 Å². The van der Waals surface area contributed by atoms with Crippen molar-refractivity contribution in [3.8, 4) is 0 Å². The maximum absolute atomic E-state index is 9.56. The molecule has 27 heavy (non-hydrogen) atoms. The van der Waals surface area contributed by atoms with Gasteiger partial charge in [0.2, 0.25) is 0 Å². The molecule has 0 radical (unpaired) electrons. The van der Waals surface area contributed by atoms with Crippen molar-refractivity contribution < 1.29 is 87.2 Å². The van der Waals surface area contributed by atoms with E-state index in [2.05, 4.69) is 4.18 Å². The lowest BCUT2D eigenvalue weighted by molar-refractivity contribution is 0.283. The Kier molecular flexibility index (Phi) is 21.0. The van der Waals surface area contributed by atoms with Crippen LogP contribution in [0.4, 0.5) is 0 Å². The third kappa shape index (κ3) is 1230. The van der Waals surface area contributed by atoms with Gasteiger partial charge in [-0.15, -0.1) is 0 Å². The summed E-state index contributed by atoms with van der Waals surface area (Å²) in [5.74, 6) is 0. The Morgan fingerprint density at radius 1 is 0.481 bits per heavy atom. The van der Waals surface area contributed by atoms with Gasteiger partial charge >= 0.3 is 52.0 Å². The fourth-order valence-corrected chi connectivity index (χ4v) is 0.447. The van der Waals surface area contributed by atoms with E-state index in [4.69, 9.17) is 74.6 Å². The number of hydrogen-bond donors (Lipinski definition) is 9. The molecule has 0 aliphatic carbocycles. The summed E-state index contributed by atoms with van der Waals surface area (Å²) in [6.45, 7) is 1.44. The van der Waals surface area contributed by atoms with E-state index in [0.717, 1.165) is 0 Å². The molecule has 0 heterocycles. The molecule has 0 aliphatic rings. The first-order valence-corrected chi connectivity index (χ1v) is 11.4. The van der Waals surface area contributed by atoms with Crippen molar-refractivity contribution >= 4 is 52.0 Å². The van der Waals surface area contributed by atoms with Crippen molar-refractivity contribution in [1.82, 2.24) is 0 Å². The molecule has 0 unspecified atom stereocenters. The van der Waals surface area contributed by atoms with E-state index < -0.39 is 52.0 Å². The molecular weight excluding hydrogens is 504 g/mol. The summed E-state index contributed by atoms with van der Waals surface area (Å²) in [5, 5.41) is 0. The molecule has 20 nitrogen and oxygen atoms in total. The summed E-state index contributed by atoms with van der Waals surface area (Å²) in [6, 6.07) is 0. The van der Waals surface area contributed by atoms with E-state index in [1.54, 1.807) is 0 Å². The van der Waals surface area contributed by atoms with E-state index in [1.165, 1.54) is 6.92 Å². The quantitative estimate of drug-likeness (QED) is 0.167. The lowest BCUT2D eigenvalue weighted by Gasteiger charge is -1.88. The molecule has 25 heteroatoms. The molecule has 0 saturated carbocycles. The minimum atomic E-state index is -4.67. The highest BCUT2D eigenvalue weighted by Gasteiger charge is 1.98. The first-order chi connectivity index (χ1) is 11.1. The van der Waals surface area contributed by atoms with Gasteiger partial charge in [-0.25, -0.2) is 4.18 Å². The molecule has 0 fully saturated rings. The van der Waals surface area contributed by atoms with Gasteiger partial charge in [-0.3, -0.25) is 41.0 Å². The van der Waals surface area contributed by atoms with Gasteiger partial charge in [0.05, 0.1) is 6.61 Å². The van der Waals surface area contributed by atoms with Crippen molar-refractivity contribution in [2.24, 2.45) is 0 Å². The minimum absolute atomic E-state index is 0.0289. The molecule has 172 valence electrons. The summed E-state index contributed by atoms with van der Waals surface area (Å²) in [6.07, 6.45) is 0. The highest BCUT2D eigenvalue weighted by atomic mass is 32.3.